The Kier molecular flexibility index (Phi) is 5.21. The maximum atomic E-state index is 13.8. The van der Waals surface area contributed by atoms with Crippen LogP contribution < -0.4 is 0 Å². The van der Waals surface area contributed by atoms with E-state index >= 15 is 0 Å². The molecule has 11 heavy (non-hydrogen) atoms. The molecule has 0 N–H and O–H groups in total. The van der Waals surface area contributed by atoms with Crippen molar-refractivity contribution in [3.63, 3.8) is 0 Å². The summed E-state index contributed by atoms with van der Waals surface area (Å²) in [4.78, 5) is 0. The second kappa shape index (κ2) is 5.36. The molecule has 0 aromatic carbocycles. The van der Waals surface area contributed by atoms with Crippen LogP contribution in [0.3, 0.4) is 0 Å². The van der Waals surface area contributed by atoms with Crippen molar-refractivity contribution in [2.75, 3.05) is 0 Å². The summed E-state index contributed by atoms with van der Waals surface area (Å²) in [6.45, 7) is 10.6. The molecule has 0 aliphatic heterocycles. The fourth-order valence-electron chi connectivity index (χ4n) is 1.03. The van der Waals surface area contributed by atoms with Crippen LogP contribution in [0.4, 0.5) is 3.50 Å². The quantitative estimate of drug-likeness (QED) is 0.469. The zero-order chi connectivity index (χ0) is 8.74. The van der Waals surface area contributed by atoms with Gasteiger partial charge in [0.2, 0.25) is 0 Å². The number of allylic oxidation sites excluding steroid dienone is 3. The van der Waals surface area contributed by atoms with Crippen molar-refractivity contribution in [3.8, 4) is 0 Å². The Bertz CT molecular complexity index is 125. The predicted molar refractivity (Wildman–Crippen MR) is 51.9 cm³/mol. The van der Waals surface area contributed by atoms with Crippen molar-refractivity contribution in [2.24, 2.45) is 0 Å². The molecule has 0 aromatic heterocycles. The molecule has 0 aromatic rings. The molecule has 0 saturated heterocycles. The van der Waals surface area contributed by atoms with Gasteiger partial charge in [0.1, 0.15) is 0 Å². The van der Waals surface area contributed by atoms with Crippen LogP contribution in [0.1, 0.15) is 0 Å². The van der Waals surface area contributed by atoms with Gasteiger partial charge in [0.25, 0.3) is 0 Å². The molecule has 0 radical (unpaired) electrons. The van der Waals surface area contributed by atoms with Crippen LogP contribution in [0.15, 0.2) is 38.0 Å². The third-order valence-corrected chi connectivity index (χ3v) is 7.95. The van der Waals surface area contributed by atoms with E-state index in [0.29, 0.717) is 15.8 Å². The Hall–Kier alpha value is -0.307. The molecular weight excluding hydrogens is 200 g/mol. The Morgan fingerprint density at radius 1 is 0.909 bits per heavy atom. The molecule has 0 heterocycles. The first kappa shape index (κ1) is 10.7. The molecule has 0 saturated carbocycles. The average molecular weight is 215 g/mol. The fraction of sp³-hybridized carbons (Fsp3) is 0.333. The topological polar surface area (TPSA) is 0 Å². The zero-order valence-corrected chi connectivity index (χ0v) is 8.95. The van der Waals surface area contributed by atoms with Crippen LogP contribution in [0.25, 0.3) is 0 Å². The third kappa shape index (κ3) is 4.20. The summed E-state index contributed by atoms with van der Waals surface area (Å²) in [6.07, 6.45) is 5.02. The molecule has 0 rings (SSSR count). The minimum absolute atomic E-state index is 0.554. The van der Waals surface area contributed by atoms with Crippen molar-refractivity contribution in [2.45, 2.75) is 15.8 Å². The summed E-state index contributed by atoms with van der Waals surface area (Å²) in [5, 5.41) is 1.66. The van der Waals surface area contributed by atoms with Gasteiger partial charge in [0.05, 0.1) is 0 Å². The second-order valence-electron chi connectivity index (χ2n) is 2.63. The Morgan fingerprint density at radius 2 is 1.18 bits per heavy atom. The third-order valence-electron chi connectivity index (χ3n) is 1.53. The SMILES string of the molecule is C=C[CH2][Ge]([F])([CH2]C=C)[CH2]C=C. The number of rotatable bonds is 6. The number of hydrogen-bond donors (Lipinski definition) is 0. The summed E-state index contributed by atoms with van der Waals surface area (Å²) < 4.78 is 13.8. The molecule has 0 atom stereocenters. The molecule has 0 aliphatic carbocycles. The molecule has 0 nitrogen and oxygen atoms in total. The molecule has 0 spiro atoms. The van der Waals surface area contributed by atoms with Gasteiger partial charge in [-0.05, 0) is 0 Å². The Labute approximate surface area is 71.3 Å². The summed E-state index contributed by atoms with van der Waals surface area (Å²) >= 11 is -3.09. The van der Waals surface area contributed by atoms with Gasteiger partial charge in [-0.15, -0.1) is 0 Å². The van der Waals surface area contributed by atoms with E-state index in [9.17, 15) is 3.50 Å². The summed E-state index contributed by atoms with van der Waals surface area (Å²) in [5.74, 6) is 0. The van der Waals surface area contributed by atoms with Crippen molar-refractivity contribution in [1.29, 1.82) is 0 Å². The van der Waals surface area contributed by atoms with E-state index in [1.807, 2.05) is 0 Å². The van der Waals surface area contributed by atoms with E-state index in [2.05, 4.69) is 19.7 Å². The van der Waals surface area contributed by atoms with Gasteiger partial charge in [-0.1, -0.05) is 0 Å². The van der Waals surface area contributed by atoms with E-state index in [1.165, 1.54) is 0 Å². The van der Waals surface area contributed by atoms with Gasteiger partial charge < -0.3 is 0 Å². The van der Waals surface area contributed by atoms with Crippen molar-refractivity contribution >= 4 is 13.7 Å². The first-order valence-corrected chi connectivity index (χ1v) is 8.94. The minimum atomic E-state index is -3.09. The van der Waals surface area contributed by atoms with Gasteiger partial charge >= 0.3 is 71.0 Å². The van der Waals surface area contributed by atoms with Crippen LogP contribution in [-0.4, -0.2) is 13.7 Å². The molecule has 2 heteroatoms. The van der Waals surface area contributed by atoms with E-state index < -0.39 is 13.7 Å². The zero-order valence-electron chi connectivity index (χ0n) is 6.85. The van der Waals surface area contributed by atoms with Crippen molar-refractivity contribution in [1.82, 2.24) is 0 Å². The van der Waals surface area contributed by atoms with Crippen LogP contribution in [0.2, 0.25) is 15.8 Å². The molecule has 0 amide bonds. The molecular formula is C9H15FGe. The number of halogens is 1. The normalized spacial score (nSPS) is 10.6. The Balaban J connectivity index is 4.09. The van der Waals surface area contributed by atoms with Gasteiger partial charge in [0.15, 0.2) is 0 Å². The monoisotopic (exact) mass is 216 g/mol. The molecule has 0 bridgehead atoms. The second-order valence-corrected chi connectivity index (χ2v) is 10.0. The fourth-order valence-corrected chi connectivity index (χ4v) is 5.33. The molecule has 0 aliphatic rings. The molecule has 0 unspecified atom stereocenters. The molecule has 62 valence electrons. The van der Waals surface area contributed by atoms with Crippen LogP contribution in [0.5, 0.6) is 0 Å². The Morgan fingerprint density at radius 3 is 1.36 bits per heavy atom. The van der Waals surface area contributed by atoms with E-state index in [1.54, 1.807) is 18.2 Å². The van der Waals surface area contributed by atoms with Gasteiger partial charge in [-0.25, -0.2) is 0 Å². The van der Waals surface area contributed by atoms with Crippen LogP contribution >= 0.6 is 0 Å². The maximum absolute atomic E-state index is 13.8. The first-order valence-electron chi connectivity index (χ1n) is 3.70. The van der Waals surface area contributed by atoms with Gasteiger partial charge in [-0.3, -0.25) is 0 Å². The predicted octanol–water partition coefficient (Wildman–Crippen LogP) is 3.46. The summed E-state index contributed by atoms with van der Waals surface area (Å²) in [7, 11) is 0. The van der Waals surface area contributed by atoms with Gasteiger partial charge in [-0.2, -0.15) is 0 Å². The first-order chi connectivity index (χ1) is 5.18. The van der Waals surface area contributed by atoms with E-state index in [-0.39, 0.29) is 0 Å². The summed E-state index contributed by atoms with van der Waals surface area (Å²) in [5.41, 5.74) is 0. The van der Waals surface area contributed by atoms with E-state index in [0.717, 1.165) is 0 Å². The van der Waals surface area contributed by atoms with Gasteiger partial charge in [0, 0.05) is 0 Å². The standard InChI is InChI=1S/C9H15FGe/c1-4-7-11(10,8-5-2)9-6-3/h4-6H,1-3,7-9H2. The van der Waals surface area contributed by atoms with Crippen LogP contribution in [0, 0.1) is 0 Å². The van der Waals surface area contributed by atoms with Crippen LogP contribution in [-0.2, 0) is 0 Å². The average Bonchev–Trinajstić information content (AvgIpc) is 1.88. The molecule has 0 fully saturated rings. The van der Waals surface area contributed by atoms with E-state index in [4.69, 9.17) is 0 Å². The number of hydrogen-bond acceptors (Lipinski definition) is 0. The summed E-state index contributed by atoms with van der Waals surface area (Å²) in [6, 6.07) is 0. The van der Waals surface area contributed by atoms with Crippen molar-refractivity contribution < 1.29 is 3.50 Å². The van der Waals surface area contributed by atoms with Crippen molar-refractivity contribution in [3.05, 3.63) is 38.0 Å².